The summed E-state index contributed by atoms with van der Waals surface area (Å²) >= 11 is 0. The van der Waals surface area contributed by atoms with Gasteiger partial charge in [0.25, 0.3) is 17.7 Å². The summed E-state index contributed by atoms with van der Waals surface area (Å²) in [6.45, 7) is 5.87. The number of nitrogens with zero attached hydrogens (tertiary/aromatic N) is 2. The van der Waals surface area contributed by atoms with Gasteiger partial charge >= 0.3 is 0 Å². The number of halogens is 2. The van der Waals surface area contributed by atoms with Gasteiger partial charge in [0.15, 0.2) is 6.10 Å². The molecule has 13 heteroatoms. The Kier molecular flexibility index (Phi) is 8.46. The van der Waals surface area contributed by atoms with Crippen molar-refractivity contribution in [3.8, 4) is 5.75 Å². The summed E-state index contributed by atoms with van der Waals surface area (Å²) in [6, 6.07) is 8.83. The highest BCUT2D eigenvalue weighted by molar-refractivity contribution is 6.37. The molecular formula is C35H36F2N6O5. The lowest BCUT2D eigenvalue weighted by atomic mass is 9.99. The molecule has 2 saturated heterocycles. The van der Waals surface area contributed by atoms with Crippen LogP contribution in [0.15, 0.2) is 36.4 Å². The van der Waals surface area contributed by atoms with Crippen molar-refractivity contribution >= 4 is 46.1 Å². The van der Waals surface area contributed by atoms with Crippen LogP contribution in [-0.2, 0) is 20.8 Å². The maximum atomic E-state index is 15.0. The maximum absolute atomic E-state index is 15.0. The lowest BCUT2D eigenvalue weighted by Crippen LogP contribution is -2.47. The van der Waals surface area contributed by atoms with E-state index in [1.54, 1.807) is 18.2 Å². The van der Waals surface area contributed by atoms with Crippen molar-refractivity contribution in [1.29, 1.82) is 0 Å². The summed E-state index contributed by atoms with van der Waals surface area (Å²) in [5.41, 5.74) is 5.82. The average molecular weight is 659 g/mol. The second-order valence-electron chi connectivity index (χ2n) is 12.6. The molecule has 48 heavy (non-hydrogen) atoms. The lowest BCUT2D eigenvalue weighted by Gasteiger charge is -2.36. The van der Waals surface area contributed by atoms with Gasteiger partial charge in [0.2, 0.25) is 5.91 Å². The Bertz CT molecular complexity index is 1860. The van der Waals surface area contributed by atoms with Crippen molar-refractivity contribution in [3.63, 3.8) is 0 Å². The van der Waals surface area contributed by atoms with E-state index in [9.17, 15) is 23.6 Å². The van der Waals surface area contributed by atoms with Gasteiger partial charge in [-0.05, 0) is 74.2 Å². The predicted octanol–water partition coefficient (Wildman–Crippen LogP) is 3.54. The predicted molar refractivity (Wildman–Crippen MR) is 174 cm³/mol. The molecule has 4 heterocycles. The fourth-order valence-corrected chi connectivity index (χ4v) is 7.13. The largest absolute Gasteiger partial charge is 0.480 e. The summed E-state index contributed by atoms with van der Waals surface area (Å²) in [5, 5.41) is 8.10. The Hall–Kier alpha value is -5.04. The number of aryl methyl sites for hydroxylation is 1. The zero-order valence-electron chi connectivity index (χ0n) is 26.5. The number of nitrogens with one attached hydrogen (secondary N) is 4. The Morgan fingerprint density at radius 1 is 1.00 bits per heavy atom. The first kappa shape index (κ1) is 31.6. The van der Waals surface area contributed by atoms with E-state index in [0.717, 1.165) is 48.6 Å². The number of hydrogen-bond acceptors (Lipinski definition) is 7. The topological polar surface area (TPSA) is 136 Å². The van der Waals surface area contributed by atoms with Gasteiger partial charge in [-0.1, -0.05) is 0 Å². The highest BCUT2D eigenvalue weighted by atomic mass is 19.1. The van der Waals surface area contributed by atoms with Crippen LogP contribution in [0.2, 0.25) is 0 Å². The molecule has 250 valence electrons. The summed E-state index contributed by atoms with van der Waals surface area (Å²) in [4.78, 5) is 57.0. The molecule has 1 atom stereocenters. The van der Waals surface area contributed by atoms with E-state index in [1.807, 2.05) is 11.8 Å². The van der Waals surface area contributed by atoms with Crippen molar-refractivity contribution < 1.29 is 32.7 Å². The third kappa shape index (κ3) is 6.05. The number of aromatic amines is 1. The SMILES string of the molecule is Cc1[nH]c2c(c1C(=O)NCCCN1CCN(c3ccc(OC4CCC(=O)NC4=O)cc3F)CC1)CC/C2=C1/C(=O)Nc2ccc(F)cc21. The highest BCUT2D eigenvalue weighted by Gasteiger charge is 2.35. The molecule has 0 radical (unpaired) electrons. The van der Waals surface area contributed by atoms with Crippen molar-refractivity contribution in [1.82, 2.24) is 20.5 Å². The summed E-state index contributed by atoms with van der Waals surface area (Å²) in [5.74, 6) is -1.88. The number of aromatic nitrogens is 1. The molecule has 0 spiro atoms. The van der Waals surface area contributed by atoms with Gasteiger partial charge in [-0.25, -0.2) is 8.78 Å². The van der Waals surface area contributed by atoms with Gasteiger partial charge in [0.1, 0.15) is 17.4 Å². The number of benzene rings is 2. The molecule has 4 N–H and O–H groups in total. The summed E-state index contributed by atoms with van der Waals surface area (Å²) in [6.07, 6.45) is 1.56. The van der Waals surface area contributed by atoms with E-state index in [1.165, 1.54) is 18.2 Å². The molecule has 0 saturated carbocycles. The van der Waals surface area contributed by atoms with Crippen LogP contribution < -0.4 is 25.6 Å². The van der Waals surface area contributed by atoms with Gasteiger partial charge in [-0.15, -0.1) is 0 Å². The Balaban J connectivity index is 0.897. The number of hydrogen-bond donors (Lipinski definition) is 4. The van der Waals surface area contributed by atoms with Crippen molar-refractivity contribution in [2.45, 2.75) is 45.1 Å². The smallest absolute Gasteiger partial charge is 0.267 e. The van der Waals surface area contributed by atoms with Crippen LogP contribution >= 0.6 is 0 Å². The molecule has 4 aliphatic rings. The normalized spacial score (nSPS) is 20.8. The number of ether oxygens (including phenoxy) is 1. The number of carbonyl (C=O) groups excluding carboxylic acids is 4. The number of anilines is 2. The molecule has 0 bridgehead atoms. The Labute approximate surface area is 275 Å². The zero-order chi connectivity index (χ0) is 33.5. The van der Waals surface area contributed by atoms with Gasteiger partial charge in [0.05, 0.1) is 16.8 Å². The number of carbonyl (C=O) groups is 4. The van der Waals surface area contributed by atoms with Crippen LogP contribution in [0.5, 0.6) is 5.75 Å². The third-order valence-corrected chi connectivity index (χ3v) is 9.51. The number of fused-ring (bicyclic) bond motifs is 2. The van der Waals surface area contributed by atoms with Crippen LogP contribution in [0.4, 0.5) is 20.2 Å². The summed E-state index contributed by atoms with van der Waals surface area (Å²) in [7, 11) is 0. The molecule has 1 unspecified atom stereocenters. The molecule has 3 aromatic rings. The fourth-order valence-electron chi connectivity index (χ4n) is 7.13. The van der Waals surface area contributed by atoms with Crippen molar-refractivity contribution in [2.75, 3.05) is 49.5 Å². The minimum absolute atomic E-state index is 0.163. The number of piperidine rings is 1. The molecule has 1 aliphatic carbocycles. The zero-order valence-corrected chi connectivity index (χ0v) is 26.5. The standard InChI is InChI=1S/C35H36F2N6O5/c1-19-30(22-5-6-23(32(22)39-19)31-24-17-20(36)3-7-26(24)40-35(31)47)34(46)38-11-2-12-42-13-15-43(16-14-42)27-8-4-21(18-25(27)37)48-28-9-10-29(44)41-33(28)45/h3-4,7-8,17-18,28,39H,2,5-6,9-16H2,1H3,(H,38,46)(H,40,47)(H,41,44,45)/b31-23-. The third-order valence-electron chi connectivity index (χ3n) is 9.51. The van der Waals surface area contributed by atoms with Crippen LogP contribution in [0, 0.1) is 18.6 Å². The van der Waals surface area contributed by atoms with Gasteiger partial charge in [-0.3, -0.25) is 29.4 Å². The molecule has 11 nitrogen and oxygen atoms in total. The number of allylic oxidation sites excluding steroid dienone is 1. The van der Waals surface area contributed by atoms with E-state index in [-0.39, 0.29) is 36.3 Å². The van der Waals surface area contributed by atoms with E-state index >= 15 is 4.39 Å². The van der Waals surface area contributed by atoms with Crippen LogP contribution in [0.1, 0.15) is 58.6 Å². The van der Waals surface area contributed by atoms with Crippen LogP contribution in [-0.4, -0.2) is 78.9 Å². The van der Waals surface area contributed by atoms with Gasteiger partial charge < -0.3 is 25.3 Å². The monoisotopic (exact) mass is 658 g/mol. The first-order valence-corrected chi connectivity index (χ1v) is 16.3. The number of H-pyrrole nitrogens is 1. The van der Waals surface area contributed by atoms with Crippen molar-refractivity contribution in [2.24, 2.45) is 0 Å². The highest BCUT2D eigenvalue weighted by Crippen LogP contribution is 2.44. The second kappa shape index (κ2) is 12.9. The number of piperazine rings is 1. The molecule has 2 aromatic carbocycles. The summed E-state index contributed by atoms with van der Waals surface area (Å²) < 4.78 is 34.7. The average Bonchev–Trinajstić information content (AvgIpc) is 3.70. The van der Waals surface area contributed by atoms with Crippen LogP contribution in [0.3, 0.4) is 0 Å². The number of rotatable bonds is 8. The Morgan fingerprint density at radius 3 is 2.58 bits per heavy atom. The minimum atomic E-state index is -0.821. The lowest BCUT2D eigenvalue weighted by molar-refractivity contribution is -0.138. The first-order valence-electron chi connectivity index (χ1n) is 16.3. The van der Waals surface area contributed by atoms with Crippen LogP contribution in [0.25, 0.3) is 11.1 Å². The number of amides is 4. The number of imide groups is 1. The van der Waals surface area contributed by atoms with E-state index in [0.29, 0.717) is 60.6 Å². The Morgan fingerprint density at radius 2 is 1.81 bits per heavy atom. The fraction of sp³-hybridized carbons (Fsp3) is 0.371. The van der Waals surface area contributed by atoms with E-state index in [4.69, 9.17) is 4.74 Å². The molecule has 7 rings (SSSR count). The minimum Gasteiger partial charge on any atom is -0.480 e. The molecule has 1 aromatic heterocycles. The van der Waals surface area contributed by atoms with Gasteiger partial charge in [-0.2, -0.15) is 0 Å². The maximum Gasteiger partial charge on any atom is 0.267 e. The molecule has 2 fully saturated rings. The second-order valence-corrected chi connectivity index (χ2v) is 12.6. The quantitative estimate of drug-likeness (QED) is 0.165. The van der Waals surface area contributed by atoms with E-state index in [2.05, 4.69) is 25.8 Å². The molecule has 4 amide bonds. The molecule has 3 aliphatic heterocycles. The van der Waals surface area contributed by atoms with Crippen molar-refractivity contribution in [3.05, 3.63) is 76.1 Å². The molecular weight excluding hydrogens is 622 g/mol. The van der Waals surface area contributed by atoms with Gasteiger partial charge in [0, 0.05) is 74.3 Å². The first-order chi connectivity index (χ1) is 23.2. The van der Waals surface area contributed by atoms with E-state index < -0.39 is 23.6 Å².